The quantitative estimate of drug-likeness (QED) is 0.555. The second kappa shape index (κ2) is 2.74. The molecule has 0 rings (SSSR count). The highest BCUT2D eigenvalue weighted by molar-refractivity contribution is 7.80. The number of rotatable bonds is 2. The lowest BCUT2D eigenvalue weighted by atomic mass is 10.0. The molecule has 2 heteroatoms. The van der Waals surface area contributed by atoms with Crippen molar-refractivity contribution in [2.24, 2.45) is 0 Å². The van der Waals surface area contributed by atoms with E-state index in [2.05, 4.69) is 12.6 Å². The van der Waals surface area contributed by atoms with Crippen LogP contribution in [0.2, 0.25) is 0 Å². The van der Waals surface area contributed by atoms with Crippen LogP contribution in [-0.4, -0.2) is 10.9 Å². The maximum absolute atomic E-state index is 10.9. The molecule has 0 amide bonds. The third-order valence-electron chi connectivity index (χ3n) is 0.787. The Kier molecular flexibility index (Phi) is 2.84. The molecule has 1 unspecified atom stereocenters. The van der Waals surface area contributed by atoms with Gasteiger partial charge in [0.05, 0.1) is 5.60 Å². The van der Waals surface area contributed by atoms with E-state index in [-0.39, 0.29) is 5.25 Å². The first kappa shape index (κ1) is 8.31. The van der Waals surface area contributed by atoms with Crippen LogP contribution < -0.4 is 0 Å². The molecule has 0 spiro atoms. The van der Waals surface area contributed by atoms with E-state index in [4.69, 9.17) is 0 Å². The van der Waals surface area contributed by atoms with Crippen molar-refractivity contribution in [3.05, 3.63) is 0 Å². The second-order valence-electron chi connectivity index (χ2n) is 2.81. The Morgan fingerprint density at radius 3 is 2.00 bits per heavy atom. The Bertz CT molecular complexity index is 63.4. The van der Waals surface area contributed by atoms with E-state index in [9.17, 15) is 5.11 Å². The van der Waals surface area contributed by atoms with Crippen molar-refractivity contribution in [1.29, 1.82) is 0 Å². The summed E-state index contributed by atoms with van der Waals surface area (Å²) in [6.07, 6.45) is 0.635. The highest BCUT2D eigenvalue weighted by atomic mass is 32.1. The van der Waals surface area contributed by atoms with Crippen LogP contribution in [0.15, 0.2) is 0 Å². The largest absolute Gasteiger partial charge is 0.230 e. The summed E-state index contributed by atoms with van der Waals surface area (Å²) in [4.78, 5) is 0. The van der Waals surface area contributed by atoms with Gasteiger partial charge in [-0.3, -0.25) is 0 Å². The van der Waals surface area contributed by atoms with Gasteiger partial charge in [-0.05, 0) is 20.3 Å². The van der Waals surface area contributed by atoms with Crippen LogP contribution in [0.1, 0.15) is 27.2 Å². The first-order chi connectivity index (χ1) is 3.42. The average molecular weight is 133 g/mol. The lowest BCUT2D eigenvalue weighted by molar-refractivity contribution is -0.00220. The van der Waals surface area contributed by atoms with E-state index < -0.39 is 5.60 Å². The summed E-state index contributed by atoms with van der Waals surface area (Å²) in [7, 11) is 0. The molecule has 0 aliphatic carbocycles. The first-order valence-electron chi connectivity index (χ1n) is 2.80. The van der Waals surface area contributed by atoms with Crippen molar-refractivity contribution in [3.63, 3.8) is 0 Å². The van der Waals surface area contributed by atoms with Gasteiger partial charge in [0, 0.05) is 5.25 Å². The molecule has 0 aromatic rings. The van der Waals surface area contributed by atoms with Gasteiger partial charge < -0.3 is 0 Å². The number of hydrogen-bond donors (Lipinski definition) is 1. The molecular formula is C6H13OS. The lowest BCUT2D eigenvalue weighted by Crippen LogP contribution is -2.20. The predicted octanol–water partition coefficient (Wildman–Crippen LogP) is 1.90. The van der Waals surface area contributed by atoms with Gasteiger partial charge in [0.15, 0.2) is 0 Å². The Morgan fingerprint density at radius 2 is 2.00 bits per heavy atom. The average Bonchev–Trinajstić information content (AvgIpc) is 1.21. The van der Waals surface area contributed by atoms with Gasteiger partial charge in [0.25, 0.3) is 0 Å². The summed E-state index contributed by atoms with van der Waals surface area (Å²) >= 11 is 4.09. The molecule has 0 N–H and O–H groups in total. The molecule has 8 heavy (non-hydrogen) atoms. The van der Waals surface area contributed by atoms with Crippen molar-refractivity contribution in [2.45, 2.75) is 38.0 Å². The zero-order valence-corrected chi connectivity index (χ0v) is 6.53. The van der Waals surface area contributed by atoms with Crippen LogP contribution in [0, 0.1) is 0 Å². The summed E-state index contributed by atoms with van der Waals surface area (Å²) in [6, 6.07) is 0. The summed E-state index contributed by atoms with van der Waals surface area (Å²) < 4.78 is 0. The predicted molar refractivity (Wildman–Crippen MR) is 37.8 cm³/mol. The van der Waals surface area contributed by atoms with Gasteiger partial charge in [0.1, 0.15) is 0 Å². The van der Waals surface area contributed by atoms with Crippen LogP contribution in [-0.2, 0) is 5.11 Å². The standard InChI is InChI=1S/C6H13OS/c1-5(8)4-6(2,3)7/h5,8H,4H2,1-3H3. The van der Waals surface area contributed by atoms with Crippen LogP contribution >= 0.6 is 12.6 Å². The lowest BCUT2D eigenvalue weighted by Gasteiger charge is -2.15. The van der Waals surface area contributed by atoms with E-state index in [1.165, 1.54) is 0 Å². The Morgan fingerprint density at radius 1 is 1.62 bits per heavy atom. The Labute approximate surface area is 56.5 Å². The maximum Gasteiger partial charge on any atom is 0.0990 e. The fourth-order valence-corrected chi connectivity index (χ4v) is 1.15. The van der Waals surface area contributed by atoms with E-state index in [1.54, 1.807) is 13.8 Å². The number of hydrogen-bond acceptors (Lipinski definition) is 1. The molecule has 0 saturated carbocycles. The van der Waals surface area contributed by atoms with E-state index in [0.29, 0.717) is 6.42 Å². The summed E-state index contributed by atoms with van der Waals surface area (Å²) in [5.74, 6) is 0. The molecule has 0 bridgehead atoms. The molecule has 0 aromatic carbocycles. The smallest absolute Gasteiger partial charge is 0.0990 e. The molecule has 0 fully saturated rings. The summed E-state index contributed by atoms with van der Waals surface area (Å²) in [5.41, 5.74) is -0.804. The Balaban J connectivity index is 3.39. The number of thiol groups is 1. The minimum Gasteiger partial charge on any atom is -0.230 e. The molecule has 0 heterocycles. The van der Waals surface area contributed by atoms with Crippen LogP contribution in [0.3, 0.4) is 0 Å². The molecule has 0 aromatic heterocycles. The zero-order valence-electron chi connectivity index (χ0n) is 5.64. The van der Waals surface area contributed by atoms with Crippen molar-refractivity contribution < 1.29 is 5.11 Å². The summed E-state index contributed by atoms with van der Waals surface area (Å²) in [5, 5.41) is 11.1. The van der Waals surface area contributed by atoms with Gasteiger partial charge in [-0.2, -0.15) is 12.6 Å². The SMILES string of the molecule is CC(S)CC(C)(C)[O]. The minimum atomic E-state index is -0.804. The second-order valence-corrected chi connectivity index (χ2v) is 3.69. The van der Waals surface area contributed by atoms with Crippen LogP contribution in [0.25, 0.3) is 0 Å². The first-order valence-corrected chi connectivity index (χ1v) is 3.32. The van der Waals surface area contributed by atoms with E-state index in [0.717, 1.165) is 0 Å². The molecule has 0 aliphatic rings. The van der Waals surface area contributed by atoms with Crippen molar-refractivity contribution >= 4 is 12.6 Å². The molecule has 0 aliphatic heterocycles. The fourth-order valence-electron chi connectivity index (χ4n) is 0.711. The zero-order chi connectivity index (χ0) is 6.78. The molecule has 1 atom stereocenters. The monoisotopic (exact) mass is 133 g/mol. The molecule has 1 radical (unpaired) electrons. The molecule has 1 nitrogen and oxygen atoms in total. The maximum atomic E-state index is 10.9. The summed E-state index contributed by atoms with van der Waals surface area (Å²) in [6.45, 7) is 5.29. The van der Waals surface area contributed by atoms with Crippen LogP contribution in [0.5, 0.6) is 0 Å². The van der Waals surface area contributed by atoms with Gasteiger partial charge in [-0.15, -0.1) is 0 Å². The van der Waals surface area contributed by atoms with Crippen molar-refractivity contribution in [1.82, 2.24) is 0 Å². The van der Waals surface area contributed by atoms with Crippen LogP contribution in [0.4, 0.5) is 0 Å². The Hall–Kier alpha value is 0.310. The highest BCUT2D eigenvalue weighted by Gasteiger charge is 2.16. The molecule has 49 valence electrons. The normalized spacial score (nSPS) is 16.1. The fraction of sp³-hybridized carbons (Fsp3) is 1.00. The van der Waals surface area contributed by atoms with E-state index >= 15 is 0 Å². The van der Waals surface area contributed by atoms with Gasteiger partial charge in [-0.1, -0.05) is 6.92 Å². The van der Waals surface area contributed by atoms with Crippen molar-refractivity contribution in [2.75, 3.05) is 0 Å². The van der Waals surface area contributed by atoms with Gasteiger partial charge >= 0.3 is 0 Å². The van der Waals surface area contributed by atoms with Crippen molar-refractivity contribution in [3.8, 4) is 0 Å². The van der Waals surface area contributed by atoms with E-state index in [1.807, 2.05) is 6.92 Å². The molecule has 0 saturated heterocycles. The molecular weight excluding hydrogens is 120 g/mol. The third kappa shape index (κ3) is 6.31. The third-order valence-corrected chi connectivity index (χ3v) is 0.970. The van der Waals surface area contributed by atoms with Gasteiger partial charge in [0.2, 0.25) is 0 Å². The minimum absolute atomic E-state index is 0.225. The highest BCUT2D eigenvalue weighted by Crippen LogP contribution is 2.14. The topological polar surface area (TPSA) is 19.9 Å². The van der Waals surface area contributed by atoms with Gasteiger partial charge in [-0.25, -0.2) is 5.11 Å².